The predicted molar refractivity (Wildman–Crippen MR) is 66.7 cm³/mol. The van der Waals surface area contributed by atoms with Crippen molar-refractivity contribution in [3.05, 3.63) is 11.5 Å². The van der Waals surface area contributed by atoms with Crippen LogP contribution in [0.2, 0.25) is 0 Å². The molecule has 0 spiro atoms. The minimum Gasteiger partial charge on any atom is -0.481 e. The second kappa shape index (κ2) is 6.37. The van der Waals surface area contributed by atoms with E-state index in [9.17, 15) is 22.8 Å². The zero-order chi connectivity index (χ0) is 15.3. The zero-order valence-corrected chi connectivity index (χ0v) is 11.1. The van der Waals surface area contributed by atoms with Crippen LogP contribution in [0.25, 0.3) is 0 Å². The van der Waals surface area contributed by atoms with Gasteiger partial charge in [0.2, 0.25) is 0 Å². The third kappa shape index (κ3) is 5.26. The van der Waals surface area contributed by atoms with Crippen LogP contribution in [-0.4, -0.2) is 54.4 Å². The number of carboxylic acids is 2. The van der Waals surface area contributed by atoms with Gasteiger partial charge in [0.25, 0.3) is 0 Å². The average molecular weight is 306 g/mol. The average Bonchev–Trinajstić information content (AvgIpc) is 2.63. The zero-order valence-electron chi connectivity index (χ0n) is 10.3. The maximum absolute atomic E-state index is 11.5. The van der Waals surface area contributed by atoms with Crippen LogP contribution in [0.15, 0.2) is 11.5 Å². The fourth-order valence-electron chi connectivity index (χ4n) is 1.56. The molecular formula is C10H14N2O7S. The predicted octanol–water partition coefficient (Wildman–Crippen LogP) is -1.09. The Labute approximate surface area is 114 Å². The van der Waals surface area contributed by atoms with Crippen molar-refractivity contribution in [1.29, 1.82) is 0 Å². The van der Waals surface area contributed by atoms with Gasteiger partial charge in [0.1, 0.15) is 6.04 Å². The van der Waals surface area contributed by atoms with Crippen molar-refractivity contribution in [3.63, 3.8) is 0 Å². The first-order valence-electron chi connectivity index (χ1n) is 5.62. The highest BCUT2D eigenvalue weighted by Gasteiger charge is 2.25. The number of carbonyl (C=O) groups excluding carboxylic acids is 1. The lowest BCUT2D eigenvalue weighted by atomic mass is 10.1. The van der Waals surface area contributed by atoms with Gasteiger partial charge in [-0.1, -0.05) is 0 Å². The highest BCUT2D eigenvalue weighted by Crippen LogP contribution is 2.07. The van der Waals surface area contributed by atoms with Gasteiger partial charge in [-0.3, -0.25) is 4.79 Å². The molecule has 0 saturated heterocycles. The number of urea groups is 1. The highest BCUT2D eigenvalue weighted by molar-refractivity contribution is 7.94. The summed E-state index contributed by atoms with van der Waals surface area (Å²) in [5, 5.41) is 22.6. The van der Waals surface area contributed by atoms with Crippen LogP contribution < -0.4 is 10.6 Å². The highest BCUT2D eigenvalue weighted by atomic mass is 32.2. The molecule has 0 fully saturated rings. The molecule has 0 radical (unpaired) electrons. The van der Waals surface area contributed by atoms with Crippen molar-refractivity contribution in [2.45, 2.75) is 24.9 Å². The number of rotatable bonds is 6. The third-order valence-electron chi connectivity index (χ3n) is 2.50. The smallest absolute Gasteiger partial charge is 0.326 e. The summed E-state index contributed by atoms with van der Waals surface area (Å²) < 4.78 is 22.2. The number of nitrogens with one attached hydrogen (secondary N) is 2. The lowest BCUT2D eigenvalue weighted by Crippen LogP contribution is -2.49. The van der Waals surface area contributed by atoms with E-state index in [2.05, 4.69) is 10.6 Å². The van der Waals surface area contributed by atoms with E-state index in [-0.39, 0.29) is 12.2 Å². The summed E-state index contributed by atoms with van der Waals surface area (Å²) in [4.78, 5) is 32.7. The van der Waals surface area contributed by atoms with Crippen LogP contribution in [0.4, 0.5) is 4.79 Å². The Hall–Kier alpha value is -2.10. The van der Waals surface area contributed by atoms with Gasteiger partial charge in [0.15, 0.2) is 9.84 Å². The Kier molecular flexibility index (Phi) is 5.08. The van der Waals surface area contributed by atoms with E-state index in [0.29, 0.717) is 0 Å². The maximum Gasteiger partial charge on any atom is 0.326 e. The Morgan fingerprint density at radius 1 is 1.30 bits per heavy atom. The summed E-state index contributed by atoms with van der Waals surface area (Å²) in [5.74, 6) is -2.83. The summed E-state index contributed by atoms with van der Waals surface area (Å²) in [5.41, 5.74) is 0. The lowest BCUT2D eigenvalue weighted by Gasteiger charge is -2.16. The first-order valence-corrected chi connectivity index (χ1v) is 7.34. The lowest BCUT2D eigenvalue weighted by molar-refractivity contribution is -0.140. The molecule has 1 heterocycles. The summed E-state index contributed by atoms with van der Waals surface area (Å²) >= 11 is 0. The second-order valence-electron chi connectivity index (χ2n) is 4.21. The second-order valence-corrected chi connectivity index (χ2v) is 6.14. The number of aliphatic carboxylic acids is 2. The van der Waals surface area contributed by atoms with E-state index in [1.165, 1.54) is 6.08 Å². The van der Waals surface area contributed by atoms with Crippen LogP contribution in [-0.2, 0) is 19.4 Å². The van der Waals surface area contributed by atoms with Crippen molar-refractivity contribution in [2.75, 3.05) is 5.75 Å². The van der Waals surface area contributed by atoms with Crippen molar-refractivity contribution in [3.8, 4) is 0 Å². The molecule has 112 valence electrons. The van der Waals surface area contributed by atoms with Gasteiger partial charge < -0.3 is 20.8 Å². The first kappa shape index (κ1) is 16.0. The van der Waals surface area contributed by atoms with Crippen LogP contribution in [0.1, 0.15) is 12.8 Å². The molecule has 10 heteroatoms. The number of sulfone groups is 1. The van der Waals surface area contributed by atoms with Gasteiger partial charge in [0.05, 0.1) is 11.8 Å². The molecule has 0 aromatic rings. The number of carbonyl (C=O) groups is 3. The molecule has 20 heavy (non-hydrogen) atoms. The number of carboxylic acid groups (broad SMARTS) is 2. The van der Waals surface area contributed by atoms with E-state index in [1.807, 2.05) is 0 Å². The summed E-state index contributed by atoms with van der Waals surface area (Å²) in [6.45, 7) is 0. The monoisotopic (exact) mass is 306 g/mol. The van der Waals surface area contributed by atoms with Crippen LogP contribution >= 0.6 is 0 Å². The number of hydrogen-bond donors (Lipinski definition) is 4. The molecule has 9 nitrogen and oxygen atoms in total. The molecule has 2 atom stereocenters. The van der Waals surface area contributed by atoms with Gasteiger partial charge in [-0.15, -0.1) is 0 Å². The van der Waals surface area contributed by atoms with Crippen molar-refractivity contribution < 1.29 is 33.0 Å². The van der Waals surface area contributed by atoms with Crippen LogP contribution in [0, 0.1) is 0 Å². The molecule has 2 amide bonds. The summed E-state index contributed by atoms with van der Waals surface area (Å²) in [6.07, 6.45) is 0.605. The molecule has 0 aromatic heterocycles. The standard InChI is InChI=1S/C10H14N2O7S/c13-8(14)2-1-7(9(15)16)12-10(17)11-6-3-4-20(18,19)5-6/h3-4,6-7H,1-2,5H2,(H,13,14)(H,15,16)(H2,11,12,17). The largest absolute Gasteiger partial charge is 0.481 e. The molecule has 0 aliphatic carbocycles. The van der Waals surface area contributed by atoms with E-state index >= 15 is 0 Å². The molecule has 1 rings (SSSR count). The van der Waals surface area contributed by atoms with Crippen molar-refractivity contribution in [1.82, 2.24) is 10.6 Å². The number of hydrogen-bond acceptors (Lipinski definition) is 5. The minimum absolute atomic E-state index is 0.267. The van der Waals surface area contributed by atoms with E-state index in [1.54, 1.807) is 0 Å². The normalized spacial score (nSPS) is 21.1. The molecular weight excluding hydrogens is 292 g/mol. The molecule has 4 N–H and O–H groups in total. The fraction of sp³-hybridized carbons (Fsp3) is 0.500. The Bertz CT molecular complexity index is 540. The quantitative estimate of drug-likeness (QED) is 0.487. The van der Waals surface area contributed by atoms with Crippen molar-refractivity contribution in [2.24, 2.45) is 0 Å². The Morgan fingerprint density at radius 2 is 1.95 bits per heavy atom. The van der Waals surface area contributed by atoms with Crippen LogP contribution in [0.3, 0.4) is 0 Å². The molecule has 0 bridgehead atoms. The van der Waals surface area contributed by atoms with E-state index < -0.39 is 46.3 Å². The molecule has 1 aliphatic heterocycles. The summed E-state index contributed by atoms with van der Waals surface area (Å²) in [7, 11) is -3.32. The van der Waals surface area contributed by atoms with Gasteiger partial charge >= 0.3 is 18.0 Å². The van der Waals surface area contributed by atoms with E-state index in [0.717, 1.165) is 5.41 Å². The first-order chi connectivity index (χ1) is 9.19. The maximum atomic E-state index is 11.5. The molecule has 2 unspecified atom stereocenters. The molecule has 0 aromatic carbocycles. The fourth-order valence-corrected chi connectivity index (χ4v) is 2.79. The van der Waals surface area contributed by atoms with Gasteiger partial charge in [-0.2, -0.15) is 0 Å². The molecule has 0 saturated carbocycles. The SMILES string of the molecule is O=C(O)CCC(NC(=O)NC1C=CS(=O)(=O)C1)C(=O)O. The minimum atomic E-state index is -3.32. The van der Waals surface area contributed by atoms with Gasteiger partial charge in [-0.05, 0) is 12.5 Å². The van der Waals surface area contributed by atoms with Crippen LogP contribution in [0.5, 0.6) is 0 Å². The topological polar surface area (TPSA) is 150 Å². The third-order valence-corrected chi connectivity index (χ3v) is 3.89. The van der Waals surface area contributed by atoms with Gasteiger partial charge in [-0.25, -0.2) is 18.0 Å². The van der Waals surface area contributed by atoms with Gasteiger partial charge in [0, 0.05) is 11.8 Å². The molecule has 1 aliphatic rings. The Morgan fingerprint density at radius 3 is 2.40 bits per heavy atom. The number of amides is 2. The van der Waals surface area contributed by atoms with Crippen molar-refractivity contribution >= 4 is 27.8 Å². The van der Waals surface area contributed by atoms with E-state index in [4.69, 9.17) is 10.2 Å². The Balaban J connectivity index is 2.48. The summed E-state index contributed by atoms with van der Waals surface area (Å²) in [6, 6.07) is -2.95.